The van der Waals surface area contributed by atoms with Crippen LogP contribution in [0.25, 0.3) is 0 Å². The van der Waals surface area contributed by atoms with Crippen molar-refractivity contribution in [3.63, 3.8) is 0 Å². The highest BCUT2D eigenvalue weighted by molar-refractivity contribution is 7.57. The summed E-state index contributed by atoms with van der Waals surface area (Å²) in [5.41, 5.74) is 2.48. The second-order valence-electron chi connectivity index (χ2n) is 3.55. The molecule has 0 spiro atoms. The highest BCUT2D eigenvalue weighted by atomic mass is 31.1. The predicted octanol–water partition coefficient (Wildman–Crippen LogP) is 3.63. The zero-order chi connectivity index (χ0) is 8.39. The Balaban J connectivity index is 2.19. The lowest BCUT2D eigenvalue weighted by Gasteiger charge is -2.15. The van der Waals surface area contributed by atoms with E-state index in [4.69, 9.17) is 0 Å². The Kier molecular flexibility index (Phi) is 2.46. The molecular formula is C11H15P. The molecule has 0 nitrogen and oxygen atoms in total. The summed E-state index contributed by atoms with van der Waals surface area (Å²) in [4.78, 5) is 0. The molecule has 1 aromatic carbocycles. The Morgan fingerprint density at radius 2 is 2.00 bits per heavy atom. The van der Waals surface area contributed by atoms with Crippen molar-refractivity contribution in [2.75, 3.05) is 12.8 Å². The van der Waals surface area contributed by atoms with Crippen molar-refractivity contribution in [1.29, 1.82) is 0 Å². The first-order valence-electron chi connectivity index (χ1n) is 4.63. The molecule has 2 atom stereocenters. The third kappa shape index (κ3) is 1.54. The van der Waals surface area contributed by atoms with E-state index in [1.54, 1.807) is 5.56 Å². The van der Waals surface area contributed by atoms with Gasteiger partial charge in [-0.25, -0.2) is 0 Å². The van der Waals surface area contributed by atoms with Crippen molar-refractivity contribution in [3.8, 4) is 0 Å². The van der Waals surface area contributed by atoms with Gasteiger partial charge in [0.15, 0.2) is 0 Å². The van der Waals surface area contributed by atoms with Crippen LogP contribution in [0.3, 0.4) is 0 Å². The van der Waals surface area contributed by atoms with Gasteiger partial charge in [0.05, 0.1) is 0 Å². The molecule has 12 heavy (non-hydrogen) atoms. The zero-order valence-corrected chi connectivity index (χ0v) is 8.43. The maximum Gasteiger partial charge on any atom is 0.00394 e. The van der Waals surface area contributed by atoms with Crippen LogP contribution in [0.15, 0.2) is 30.3 Å². The predicted molar refractivity (Wildman–Crippen MR) is 56.1 cm³/mol. The van der Waals surface area contributed by atoms with E-state index in [9.17, 15) is 0 Å². The SMILES string of the molecule is CP1CCC[C@H]1c1ccccc1. The molecule has 1 heterocycles. The Morgan fingerprint density at radius 3 is 2.58 bits per heavy atom. The van der Waals surface area contributed by atoms with E-state index in [1.165, 1.54) is 19.0 Å². The number of hydrogen-bond donors (Lipinski definition) is 0. The third-order valence-electron chi connectivity index (χ3n) is 2.70. The summed E-state index contributed by atoms with van der Waals surface area (Å²) >= 11 is 0. The summed E-state index contributed by atoms with van der Waals surface area (Å²) in [5, 5.41) is 0. The quantitative estimate of drug-likeness (QED) is 0.576. The lowest BCUT2D eigenvalue weighted by molar-refractivity contribution is 0.827. The monoisotopic (exact) mass is 178 g/mol. The van der Waals surface area contributed by atoms with Gasteiger partial charge in [-0.3, -0.25) is 0 Å². The van der Waals surface area contributed by atoms with Gasteiger partial charge in [-0.15, -0.1) is 7.92 Å². The first kappa shape index (κ1) is 8.26. The molecule has 1 aromatic rings. The molecule has 64 valence electrons. The summed E-state index contributed by atoms with van der Waals surface area (Å²) < 4.78 is 0. The topological polar surface area (TPSA) is 0 Å². The largest absolute Gasteiger partial charge is 0.102 e. The normalized spacial score (nSPS) is 29.1. The molecule has 0 aliphatic carbocycles. The average molecular weight is 178 g/mol. The Labute approximate surface area is 75.7 Å². The van der Waals surface area contributed by atoms with Gasteiger partial charge < -0.3 is 0 Å². The summed E-state index contributed by atoms with van der Waals surface area (Å²) in [6, 6.07) is 11.0. The van der Waals surface area contributed by atoms with Crippen molar-refractivity contribution >= 4 is 7.92 Å². The van der Waals surface area contributed by atoms with Crippen molar-refractivity contribution in [1.82, 2.24) is 0 Å². The molecular weight excluding hydrogens is 163 g/mol. The minimum Gasteiger partial charge on any atom is -0.102 e. The molecule has 0 radical (unpaired) electrons. The van der Waals surface area contributed by atoms with Gasteiger partial charge in [0, 0.05) is 5.66 Å². The summed E-state index contributed by atoms with van der Waals surface area (Å²) in [6.45, 7) is 2.44. The Hall–Kier alpha value is -0.350. The van der Waals surface area contributed by atoms with Gasteiger partial charge in [0.2, 0.25) is 0 Å². The van der Waals surface area contributed by atoms with E-state index in [1.807, 2.05) is 0 Å². The third-order valence-corrected chi connectivity index (χ3v) is 5.35. The molecule has 0 N–H and O–H groups in total. The number of rotatable bonds is 1. The van der Waals surface area contributed by atoms with Crippen LogP contribution in [0.4, 0.5) is 0 Å². The molecule has 1 aliphatic heterocycles. The molecule has 1 aliphatic rings. The average Bonchev–Trinajstić information content (AvgIpc) is 2.53. The van der Waals surface area contributed by atoms with Gasteiger partial charge in [-0.05, 0) is 31.2 Å². The van der Waals surface area contributed by atoms with E-state index in [2.05, 4.69) is 37.0 Å². The Bertz CT molecular complexity index is 242. The molecule has 1 heteroatoms. The van der Waals surface area contributed by atoms with E-state index in [0.717, 1.165) is 5.66 Å². The van der Waals surface area contributed by atoms with Crippen molar-refractivity contribution in [3.05, 3.63) is 35.9 Å². The van der Waals surface area contributed by atoms with E-state index >= 15 is 0 Å². The maximum absolute atomic E-state index is 2.44. The van der Waals surface area contributed by atoms with Crippen LogP contribution >= 0.6 is 7.92 Å². The fourth-order valence-corrected chi connectivity index (χ4v) is 4.30. The number of hydrogen-bond acceptors (Lipinski definition) is 0. The highest BCUT2D eigenvalue weighted by Gasteiger charge is 2.23. The van der Waals surface area contributed by atoms with E-state index in [0.29, 0.717) is 7.92 Å². The van der Waals surface area contributed by atoms with Crippen molar-refractivity contribution < 1.29 is 0 Å². The molecule has 0 aromatic heterocycles. The first-order chi connectivity index (χ1) is 5.88. The molecule has 1 saturated heterocycles. The zero-order valence-electron chi connectivity index (χ0n) is 7.53. The minimum absolute atomic E-state index is 0.295. The second-order valence-corrected chi connectivity index (χ2v) is 6.13. The smallest absolute Gasteiger partial charge is 0.00394 e. The van der Waals surface area contributed by atoms with Crippen molar-refractivity contribution in [2.24, 2.45) is 0 Å². The summed E-state index contributed by atoms with van der Waals surface area (Å²) in [5.74, 6) is 0. The van der Waals surface area contributed by atoms with E-state index in [-0.39, 0.29) is 0 Å². The molecule has 1 fully saturated rings. The van der Waals surface area contributed by atoms with Crippen molar-refractivity contribution in [2.45, 2.75) is 18.5 Å². The molecule has 2 rings (SSSR count). The molecule has 1 unspecified atom stereocenters. The van der Waals surface area contributed by atoms with Gasteiger partial charge in [-0.2, -0.15) is 0 Å². The van der Waals surface area contributed by atoms with Crippen LogP contribution in [0.2, 0.25) is 0 Å². The lowest BCUT2D eigenvalue weighted by atomic mass is 10.1. The van der Waals surface area contributed by atoms with Crippen LogP contribution in [0.1, 0.15) is 24.1 Å². The molecule has 0 saturated carbocycles. The first-order valence-corrected chi connectivity index (χ1v) is 6.67. The van der Waals surface area contributed by atoms with Crippen LogP contribution < -0.4 is 0 Å². The maximum atomic E-state index is 2.44. The Morgan fingerprint density at radius 1 is 1.25 bits per heavy atom. The fourth-order valence-electron chi connectivity index (χ4n) is 2.01. The van der Waals surface area contributed by atoms with Gasteiger partial charge in [0.25, 0.3) is 0 Å². The van der Waals surface area contributed by atoms with Gasteiger partial charge in [0.1, 0.15) is 0 Å². The summed E-state index contributed by atoms with van der Waals surface area (Å²) in [7, 11) is 0.295. The van der Waals surface area contributed by atoms with Crippen LogP contribution in [-0.4, -0.2) is 12.8 Å². The second kappa shape index (κ2) is 3.58. The molecule has 0 amide bonds. The van der Waals surface area contributed by atoms with Crippen LogP contribution in [0, 0.1) is 0 Å². The highest BCUT2D eigenvalue weighted by Crippen LogP contribution is 2.56. The standard InChI is InChI=1S/C11H15P/c1-12-9-5-8-11(12)10-6-3-2-4-7-10/h2-4,6-7,11H,5,8-9H2,1H3/t11-,12?/m0/s1. The lowest BCUT2D eigenvalue weighted by Crippen LogP contribution is -1.89. The minimum atomic E-state index is 0.295. The van der Waals surface area contributed by atoms with E-state index < -0.39 is 0 Å². The number of benzene rings is 1. The van der Waals surface area contributed by atoms with Crippen LogP contribution in [0.5, 0.6) is 0 Å². The fraction of sp³-hybridized carbons (Fsp3) is 0.455. The van der Waals surface area contributed by atoms with Gasteiger partial charge >= 0.3 is 0 Å². The summed E-state index contributed by atoms with van der Waals surface area (Å²) in [6.07, 6.45) is 4.35. The van der Waals surface area contributed by atoms with Gasteiger partial charge in [-0.1, -0.05) is 30.3 Å². The molecule has 0 bridgehead atoms. The van der Waals surface area contributed by atoms with Crippen LogP contribution in [-0.2, 0) is 0 Å².